The molecule has 4 nitrogen and oxygen atoms in total. The Morgan fingerprint density at radius 1 is 1.60 bits per heavy atom. The Balaban J connectivity index is 2.76. The van der Waals surface area contributed by atoms with Gasteiger partial charge in [0, 0.05) is 0 Å². The first-order chi connectivity index (χ1) is 7.04. The topological polar surface area (TPSA) is 51.2 Å². The largest absolute Gasteiger partial charge is 0.467 e. The second-order valence-corrected chi connectivity index (χ2v) is 3.97. The lowest BCUT2D eigenvalue weighted by Crippen LogP contribution is -2.27. The maximum absolute atomic E-state index is 11.2. The van der Waals surface area contributed by atoms with Crippen molar-refractivity contribution in [2.45, 2.75) is 19.9 Å². The third kappa shape index (κ3) is 3.20. The van der Waals surface area contributed by atoms with Crippen molar-refractivity contribution in [3.05, 3.63) is 22.4 Å². The van der Waals surface area contributed by atoms with E-state index in [4.69, 9.17) is 0 Å². The summed E-state index contributed by atoms with van der Waals surface area (Å²) in [5, 5.41) is 3.03. The molecule has 1 aromatic heterocycles. The standard InChI is InChI=1S/C10H13BrN2O2/c1-6-8(4-5-9(11)13-6)12-7(2)10(14)15-3/h4-5,7,12H,1-3H3. The molecular weight excluding hydrogens is 260 g/mol. The number of aryl methyl sites for hydroxylation is 1. The first-order valence-corrected chi connectivity index (χ1v) is 5.31. The Morgan fingerprint density at radius 2 is 2.27 bits per heavy atom. The zero-order valence-corrected chi connectivity index (χ0v) is 10.5. The number of esters is 1. The highest BCUT2D eigenvalue weighted by Gasteiger charge is 2.13. The molecular formula is C10H13BrN2O2. The van der Waals surface area contributed by atoms with Crippen molar-refractivity contribution in [2.24, 2.45) is 0 Å². The molecule has 1 heterocycles. The van der Waals surface area contributed by atoms with Gasteiger partial charge < -0.3 is 10.1 Å². The van der Waals surface area contributed by atoms with Crippen molar-refractivity contribution in [3.8, 4) is 0 Å². The number of carbonyl (C=O) groups excluding carboxylic acids is 1. The molecule has 1 rings (SSSR count). The number of halogens is 1. The van der Waals surface area contributed by atoms with Crippen LogP contribution in [-0.4, -0.2) is 24.1 Å². The van der Waals surface area contributed by atoms with E-state index in [9.17, 15) is 4.79 Å². The van der Waals surface area contributed by atoms with E-state index >= 15 is 0 Å². The molecule has 1 atom stereocenters. The molecule has 1 aromatic rings. The Hall–Kier alpha value is -1.10. The van der Waals surface area contributed by atoms with Gasteiger partial charge in [-0.15, -0.1) is 0 Å². The van der Waals surface area contributed by atoms with Crippen LogP contribution in [-0.2, 0) is 9.53 Å². The van der Waals surface area contributed by atoms with E-state index in [1.165, 1.54) is 7.11 Å². The second kappa shape index (κ2) is 5.11. The highest BCUT2D eigenvalue weighted by Crippen LogP contribution is 2.17. The van der Waals surface area contributed by atoms with Crippen LogP contribution in [0.2, 0.25) is 0 Å². The molecule has 0 fully saturated rings. The average molecular weight is 273 g/mol. The normalized spacial score (nSPS) is 12.0. The lowest BCUT2D eigenvalue weighted by atomic mass is 10.2. The Labute approximate surface area is 97.2 Å². The quantitative estimate of drug-likeness (QED) is 0.677. The fourth-order valence-electron chi connectivity index (χ4n) is 1.15. The summed E-state index contributed by atoms with van der Waals surface area (Å²) < 4.78 is 5.39. The smallest absolute Gasteiger partial charge is 0.327 e. The lowest BCUT2D eigenvalue weighted by Gasteiger charge is -2.14. The summed E-state index contributed by atoms with van der Waals surface area (Å²) >= 11 is 3.27. The molecule has 82 valence electrons. The molecule has 0 radical (unpaired) electrons. The van der Waals surface area contributed by atoms with Crippen LogP contribution in [0.3, 0.4) is 0 Å². The van der Waals surface area contributed by atoms with Gasteiger partial charge in [0.05, 0.1) is 18.5 Å². The number of aromatic nitrogens is 1. The zero-order valence-electron chi connectivity index (χ0n) is 8.87. The number of carbonyl (C=O) groups is 1. The second-order valence-electron chi connectivity index (χ2n) is 3.16. The van der Waals surface area contributed by atoms with Crippen molar-refractivity contribution in [1.29, 1.82) is 0 Å². The molecule has 1 N–H and O–H groups in total. The van der Waals surface area contributed by atoms with Crippen molar-refractivity contribution in [1.82, 2.24) is 4.98 Å². The highest BCUT2D eigenvalue weighted by atomic mass is 79.9. The van der Waals surface area contributed by atoms with Gasteiger partial charge >= 0.3 is 5.97 Å². The molecule has 1 unspecified atom stereocenters. The minimum absolute atomic E-state index is 0.294. The van der Waals surface area contributed by atoms with Crippen LogP contribution in [0.1, 0.15) is 12.6 Å². The molecule has 0 saturated carbocycles. The molecule has 0 aliphatic rings. The van der Waals surface area contributed by atoms with Crippen LogP contribution in [0.5, 0.6) is 0 Å². The maximum Gasteiger partial charge on any atom is 0.327 e. The number of methoxy groups -OCH3 is 1. The Morgan fingerprint density at radius 3 is 2.80 bits per heavy atom. The third-order valence-electron chi connectivity index (χ3n) is 1.98. The van der Waals surface area contributed by atoms with Crippen LogP contribution in [0.4, 0.5) is 5.69 Å². The molecule has 15 heavy (non-hydrogen) atoms. The average Bonchev–Trinajstić information content (AvgIpc) is 2.20. The van der Waals surface area contributed by atoms with Gasteiger partial charge in [0.2, 0.25) is 0 Å². The molecule has 0 aromatic carbocycles. The van der Waals surface area contributed by atoms with E-state index in [0.717, 1.165) is 16.0 Å². The van der Waals surface area contributed by atoms with Gasteiger partial charge in [-0.1, -0.05) is 0 Å². The van der Waals surface area contributed by atoms with Crippen molar-refractivity contribution >= 4 is 27.6 Å². The predicted molar refractivity (Wildman–Crippen MR) is 61.8 cm³/mol. The van der Waals surface area contributed by atoms with Crippen LogP contribution in [0.15, 0.2) is 16.7 Å². The van der Waals surface area contributed by atoms with Gasteiger partial charge in [-0.2, -0.15) is 0 Å². The summed E-state index contributed by atoms with van der Waals surface area (Å²) in [5.74, 6) is -0.294. The van der Waals surface area contributed by atoms with Gasteiger partial charge in [0.1, 0.15) is 10.6 Å². The van der Waals surface area contributed by atoms with E-state index in [2.05, 4.69) is 31.0 Å². The minimum Gasteiger partial charge on any atom is -0.467 e. The first-order valence-electron chi connectivity index (χ1n) is 4.52. The van der Waals surface area contributed by atoms with Crippen molar-refractivity contribution in [2.75, 3.05) is 12.4 Å². The van der Waals surface area contributed by atoms with Crippen LogP contribution < -0.4 is 5.32 Å². The Kier molecular flexibility index (Phi) is 4.08. The summed E-state index contributed by atoms with van der Waals surface area (Å²) in [4.78, 5) is 15.4. The summed E-state index contributed by atoms with van der Waals surface area (Å²) in [6, 6.07) is 3.31. The Bertz CT molecular complexity index is 368. The van der Waals surface area contributed by atoms with Gasteiger partial charge in [0.15, 0.2) is 0 Å². The fraction of sp³-hybridized carbons (Fsp3) is 0.400. The lowest BCUT2D eigenvalue weighted by molar-refractivity contribution is -0.141. The SMILES string of the molecule is COC(=O)C(C)Nc1ccc(Br)nc1C. The number of nitrogens with zero attached hydrogens (tertiary/aromatic N) is 1. The minimum atomic E-state index is -0.378. The summed E-state index contributed by atoms with van der Waals surface area (Å²) in [5.41, 5.74) is 1.66. The molecule has 0 bridgehead atoms. The van der Waals surface area contributed by atoms with E-state index < -0.39 is 0 Å². The van der Waals surface area contributed by atoms with Crippen molar-refractivity contribution < 1.29 is 9.53 Å². The molecule has 0 spiro atoms. The predicted octanol–water partition coefficient (Wildman–Crippen LogP) is 2.13. The third-order valence-corrected chi connectivity index (χ3v) is 2.42. The van der Waals surface area contributed by atoms with Gasteiger partial charge in [0.25, 0.3) is 0 Å². The number of anilines is 1. The summed E-state index contributed by atoms with van der Waals surface area (Å²) in [6.07, 6.45) is 0. The molecule has 0 aliphatic heterocycles. The number of ether oxygens (including phenoxy) is 1. The molecule has 0 amide bonds. The number of hydrogen-bond donors (Lipinski definition) is 1. The van der Waals surface area contributed by atoms with E-state index in [1.54, 1.807) is 6.92 Å². The number of hydrogen-bond acceptors (Lipinski definition) is 4. The van der Waals surface area contributed by atoms with E-state index in [1.807, 2.05) is 19.1 Å². The van der Waals surface area contributed by atoms with Crippen LogP contribution >= 0.6 is 15.9 Å². The van der Waals surface area contributed by atoms with Crippen molar-refractivity contribution in [3.63, 3.8) is 0 Å². The van der Waals surface area contributed by atoms with Gasteiger partial charge in [-0.25, -0.2) is 9.78 Å². The number of nitrogens with one attached hydrogen (secondary N) is 1. The maximum atomic E-state index is 11.2. The van der Waals surface area contributed by atoms with Gasteiger partial charge in [-0.05, 0) is 41.9 Å². The van der Waals surface area contributed by atoms with Crippen LogP contribution in [0.25, 0.3) is 0 Å². The summed E-state index contributed by atoms with van der Waals surface area (Å²) in [6.45, 7) is 3.62. The number of pyridine rings is 1. The van der Waals surface area contributed by atoms with E-state index in [0.29, 0.717) is 0 Å². The zero-order chi connectivity index (χ0) is 11.4. The molecule has 0 saturated heterocycles. The van der Waals surface area contributed by atoms with E-state index in [-0.39, 0.29) is 12.0 Å². The highest BCUT2D eigenvalue weighted by molar-refractivity contribution is 9.10. The van der Waals surface area contributed by atoms with Crippen LogP contribution in [0, 0.1) is 6.92 Å². The van der Waals surface area contributed by atoms with Gasteiger partial charge in [-0.3, -0.25) is 0 Å². The molecule has 0 aliphatic carbocycles. The first kappa shape index (κ1) is 12.0. The fourth-order valence-corrected chi connectivity index (χ4v) is 1.55. The summed E-state index contributed by atoms with van der Waals surface area (Å²) in [7, 11) is 1.37. The monoisotopic (exact) mass is 272 g/mol. The molecule has 5 heteroatoms. The number of rotatable bonds is 3.